The molecule has 0 spiro atoms. The zero-order valence-corrected chi connectivity index (χ0v) is 30.1. The molecule has 4 aromatic carbocycles. The van der Waals surface area contributed by atoms with Crippen molar-refractivity contribution in [2.45, 2.75) is 59.1 Å². The van der Waals surface area contributed by atoms with Crippen molar-refractivity contribution in [1.82, 2.24) is 25.3 Å². The number of hydrogen-bond acceptors (Lipinski definition) is 9. The Bertz CT molecular complexity index is 2220. The van der Waals surface area contributed by atoms with Crippen molar-refractivity contribution in [3.63, 3.8) is 0 Å². The Morgan fingerprint density at radius 2 is 1.35 bits per heavy atom. The Morgan fingerprint density at radius 1 is 0.804 bits per heavy atom. The number of benzene rings is 4. The van der Waals surface area contributed by atoms with Gasteiger partial charge in [-0.15, -0.1) is 0 Å². The molecule has 1 saturated heterocycles. The fourth-order valence-corrected chi connectivity index (χ4v) is 6.23. The zero-order valence-electron chi connectivity index (χ0n) is 29.3. The molecule has 51 heavy (non-hydrogen) atoms. The number of ether oxygens (including phenoxy) is 1. The minimum Gasteiger partial charge on any atom is -0.507 e. The molecule has 0 bridgehead atoms. The maximum atomic E-state index is 12.3. The van der Waals surface area contributed by atoms with Crippen LogP contribution < -0.4 is 10.2 Å². The number of rotatable bonds is 4. The Balaban J connectivity index is 0.000000200. The quantitative estimate of drug-likeness (QED) is 0.154. The van der Waals surface area contributed by atoms with Gasteiger partial charge < -0.3 is 25.2 Å². The monoisotopic (exact) mass is 704 g/mol. The minimum atomic E-state index is -0.536. The van der Waals surface area contributed by atoms with Crippen LogP contribution in [-0.4, -0.2) is 61.0 Å². The molecule has 0 aliphatic carbocycles. The number of nitrogens with zero attached hydrogens (tertiary/aromatic N) is 5. The minimum absolute atomic E-state index is 0.0392. The van der Waals surface area contributed by atoms with Crippen LogP contribution in [0.4, 0.5) is 10.6 Å². The molecule has 3 heterocycles. The Kier molecular flexibility index (Phi) is 10.2. The van der Waals surface area contributed by atoms with Crippen molar-refractivity contribution in [2.75, 3.05) is 18.0 Å². The molecule has 0 saturated carbocycles. The van der Waals surface area contributed by atoms with Gasteiger partial charge in [-0.25, -0.2) is 24.7 Å². The number of carbonyl (C=O) groups excluding carboxylic acids is 1. The van der Waals surface area contributed by atoms with Crippen molar-refractivity contribution in [3.8, 4) is 34.3 Å². The van der Waals surface area contributed by atoms with Crippen LogP contribution in [0.3, 0.4) is 0 Å². The summed E-state index contributed by atoms with van der Waals surface area (Å²) in [6, 6.07) is 26.0. The van der Waals surface area contributed by atoms with E-state index in [1.807, 2.05) is 83.1 Å². The van der Waals surface area contributed by atoms with Crippen LogP contribution in [0.15, 0.2) is 84.9 Å². The third kappa shape index (κ3) is 8.46. The highest BCUT2D eigenvalue weighted by Crippen LogP contribution is 2.33. The summed E-state index contributed by atoms with van der Waals surface area (Å²) in [5.74, 6) is 2.02. The fourth-order valence-electron chi connectivity index (χ4n) is 5.99. The van der Waals surface area contributed by atoms with Crippen LogP contribution in [0.5, 0.6) is 11.5 Å². The van der Waals surface area contributed by atoms with E-state index in [4.69, 9.17) is 26.3 Å². The van der Waals surface area contributed by atoms with Gasteiger partial charge in [0.15, 0.2) is 11.6 Å². The maximum absolute atomic E-state index is 12.3. The van der Waals surface area contributed by atoms with E-state index in [-0.39, 0.29) is 17.5 Å². The Hall–Kier alpha value is -5.48. The van der Waals surface area contributed by atoms with Crippen molar-refractivity contribution in [2.24, 2.45) is 0 Å². The smallest absolute Gasteiger partial charge is 0.407 e. The maximum Gasteiger partial charge on any atom is 0.407 e. The molecule has 1 aliphatic rings. The number of anilines is 1. The first-order chi connectivity index (χ1) is 24.3. The van der Waals surface area contributed by atoms with Gasteiger partial charge in [0.1, 0.15) is 28.1 Å². The number of alkyl carbamates (subject to hydrolysis) is 1. The van der Waals surface area contributed by atoms with Crippen LogP contribution in [0, 0.1) is 13.8 Å². The molecule has 1 atom stereocenters. The summed E-state index contributed by atoms with van der Waals surface area (Å²) in [6.07, 6.45) is 1.40. The molecule has 11 heteroatoms. The molecule has 0 radical (unpaired) electrons. The summed E-state index contributed by atoms with van der Waals surface area (Å²) < 4.78 is 5.43. The number of piperidine rings is 1. The fraction of sp³-hybridized carbons (Fsp3) is 0.275. The third-order valence-electron chi connectivity index (χ3n) is 8.37. The number of aryl methyl sites for hydroxylation is 2. The van der Waals surface area contributed by atoms with Crippen LogP contribution in [0.2, 0.25) is 5.15 Å². The van der Waals surface area contributed by atoms with E-state index < -0.39 is 11.7 Å². The van der Waals surface area contributed by atoms with E-state index in [2.05, 4.69) is 26.3 Å². The molecule has 2 aromatic heterocycles. The standard InChI is InChI=1S/C25H30N4O3.C15H11ClN2O/c1-16-11-12-18-20(14-16)27-22(19-9-5-6-10-21(19)30)28-23(18)29-13-7-8-17(15-29)26-24(31)32-25(2,3)4;1-9-6-7-10-12(8-9)17-15(18-14(10)16)11-4-2-3-5-13(11)19/h5-6,9-12,14,17,30H,7-8,13,15H2,1-4H3,(H,26,31);2-8,19H,1H3/t17-;/m1./s1. The molecule has 262 valence electrons. The number of fused-ring (bicyclic) bond motifs is 2. The first-order valence-corrected chi connectivity index (χ1v) is 17.3. The molecular formula is C40H41ClN6O4. The summed E-state index contributed by atoms with van der Waals surface area (Å²) in [5.41, 5.74) is 4.45. The van der Waals surface area contributed by atoms with Gasteiger partial charge in [-0.2, -0.15) is 0 Å². The highest BCUT2D eigenvalue weighted by atomic mass is 35.5. The first kappa shape index (κ1) is 35.3. The lowest BCUT2D eigenvalue weighted by atomic mass is 10.0. The lowest BCUT2D eigenvalue weighted by molar-refractivity contribution is 0.0500. The number of aromatic nitrogens is 4. The second-order valence-corrected chi connectivity index (χ2v) is 14.1. The Morgan fingerprint density at radius 3 is 1.94 bits per heavy atom. The second kappa shape index (κ2) is 14.8. The van der Waals surface area contributed by atoms with E-state index in [1.54, 1.807) is 30.3 Å². The van der Waals surface area contributed by atoms with Crippen molar-refractivity contribution in [1.29, 1.82) is 0 Å². The highest BCUT2D eigenvalue weighted by molar-refractivity contribution is 6.34. The second-order valence-electron chi connectivity index (χ2n) is 13.7. The van der Waals surface area contributed by atoms with Gasteiger partial charge in [-0.1, -0.05) is 48.0 Å². The SMILES string of the molecule is Cc1ccc2c(Cl)nc(-c3ccccc3O)nc2c1.Cc1ccc2c(N3CCC[C@@H](NC(=O)OC(C)(C)C)C3)nc(-c3ccccc3O)nc2c1. The number of amides is 1. The van der Waals surface area contributed by atoms with Crippen LogP contribution in [0.1, 0.15) is 44.7 Å². The molecular weight excluding hydrogens is 664 g/mol. The largest absolute Gasteiger partial charge is 0.507 e. The predicted molar refractivity (Wildman–Crippen MR) is 202 cm³/mol. The summed E-state index contributed by atoms with van der Waals surface area (Å²) >= 11 is 6.18. The van der Waals surface area contributed by atoms with E-state index in [0.717, 1.165) is 58.1 Å². The molecule has 10 nitrogen and oxygen atoms in total. The van der Waals surface area contributed by atoms with Crippen molar-refractivity contribution >= 4 is 45.3 Å². The number of phenols is 2. The zero-order chi connectivity index (χ0) is 36.3. The molecule has 1 fully saturated rings. The van der Waals surface area contributed by atoms with Crippen molar-refractivity contribution in [3.05, 3.63) is 101 Å². The van der Waals surface area contributed by atoms with E-state index in [9.17, 15) is 15.0 Å². The van der Waals surface area contributed by atoms with Crippen LogP contribution >= 0.6 is 11.6 Å². The van der Waals surface area contributed by atoms with Gasteiger partial charge >= 0.3 is 6.09 Å². The Labute approximate surface area is 302 Å². The van der Waals surface area contributed by atoms with Crippen LogP contribution in [-0.2, 0) is 4.74 Å². The third-order valence-corrected chi connectivity index (χ3v) is 8.66. The predicted octanol–water partition coefficient (Wildman–Crippen LogP) is 8.77. The molecule has 0 unspecified atom stereocenters. The average Bonchev–Trinajstić information content (AvgIpc) is 3.07. The molecule has 1 amide bonds. The van der Waals surface area contributed by atoms with Crippen molar-refractivity contribution < 1.29 is 19.7 Å². The lowest BCUT2D eigenvalue weighted by Crippen LogP contribution is -2.49. The normalized spacial score (nSPS) is 14.5. The number of hydrogen-bond donors (Lipinski definition) is 3. The molecule has 7 rings (SSSR count). The van der Waals surface area contributed by atoms with Gasteiger partial charge in [-0.05, 0) is 107 Å². The number of nitrogens with one attached hydrogen (secondary N) is 1. The van der Waals surface area contributed by atoms with Gasteiger partial charge in [-0.3, -0.25) is 0 Å². The average molecular weight is 705 g/mol. The van der Waals surface area contributed by atoms with E-state index >= 15 is 0 Å². The number of halogens is 1. The summed E-state index contributed by atoms with van der Waals surface area (Å²) in [7, 11) is 0. The number of carbonyl (C=O) groups is 1. The summed E-state index contributed by atoms with van der Waals surface area (Å²) in [4.78, 5) is 32.8. The first-order valence-electron chi connectivity index (χ1n) is 16.9. The molecule has 6 aromatic rings. The van der Waals surface area contributed by atoms with Gasteiger partial charge in [0, 0.05) is 29.9 Å². The number of aromatic hydroxyl groups is 2. The summed E-state index contributed by atoms with van der Waals surface area (Å²) in [6.45, 7) is 11.0. The lowest BCUT2D eigenvalue weighted by Gasteiger charge is -2.35. The number of para-hydroxylation sites is 2. The molecule has 1 aliphatic heterocycles. The van der Waals surface area contributed by atoms with E-state index in [1.165, 1.54) is 0 Å². The van der Waals surface area contributed by atoms with Gasteiger partial charge in [0.2, 0.25) is 0 Å². The van der Waals surface area contributed by atoms with Gasteiger partial charge in [0.05, 0.1) is 22.2 Å². The number of phenolic OH excluding ortho intramolecular Hbond substituents is 2. The summed E-state index contributed by atoms with van der Waals surface area (Å²) in [5, 5.41) is 25.4. The van der Waals surface area contributed by atoms with Crippen LogP contribution in [0.25, 0.3) is 44.6 Å². The van der Waals surface area contributed by atoms with Gasteiger partial charge in [0.25, 0.3) is 0 Å². The topological polar surface area (TPSA) is 134 Å². The molecule has 3 N–H and O–H groups in total. The highest BCUT2D eigenvalue weighted by Gasteiger charge is 2.27. The van der Waals surface area contributed by atoms with E-state index in [0.29, 0.717) is 34.5 Å².